The number of rotatable bonds is 1. The van der Waals surface area contributed by atoms with E-state index in [9.17, 15) is 0 Å². The molecule has 1 nitrogen and oxygen atoms in total. The molecular weight excluding hydrogens is 134 g/mol. The standard InChI is InChI=1S/C7H9N.C3H2/c8-6-7-4-2-1-3-5-7;1-2-3-1/h1-5H,6,8H2;1H2. The summed E-state index contributed by atoms with van der Waals surface area (Å²) in [5, 5.41) is 0. The van der Waals surface area contributed by atoms with Gasteiger partial charge >= 0.3 is 0 Å². The fourth-order valence-corrected chi connectivity index (χ4v) is 0.614. The van der Waals surface area contributed by atoms with Crippen LogP contribution < -0.4 is 5.73 Å². The molecule has 0 heterocycles. The summed E-state index contributed by atoms with van der Waals surface area (Å²) >= 11 is 0. The molecule has 0 aromatic heterocycles. The van der Waals surface area contributed by atoms with Crippen LogP contribution in [0.5, 0.6) is 0 Å². The quantitative estimate of drug-likeness (QED) is 0.596. The molecule has 0 atom stereocenters. The maximum Gasteiger partial charge on any atom is 0.0703 e. The van der Waals surface area contributed by atoms with Gasteiger partial charge < -0.3 is 5.73 Å². The van der Waals surface area contributed by atoms with Crippen molar-refractivity contribution < 1.29 is 0 Å². The predicted molar refractivity (Wildman–Crippen MR) is 46.7 cm³/mol. The lowest BCUT2D eigenvalue weighted by molar-refractivity contribution is 1.07. The summed E-state index contributed by atoms with van der Waals surface area (Å²) in [6.45, 7) is 0.640. The first-order chi connectivity index (χ1) is 5.43. The van der Waals surface area contributed by atoms with Gasteiger partial charge in [0.2, 0.25) is 0 Å². The Morgan fingerprint density at radius 2 is 1.73 bits per heavy atom. The van der Waals surface area contributed by atoms with Crippen molar-refractivity contribution in [1.29, 1.82) is 0 Å². The van der Waals surface area contributed by atoms with Crippen LogP contribution in [0.2, 0.25) is 0 Å². The van der Waals surface area contributed by atoms with Crippen LogP contribution in [0, 0.1) is 11.8 Å². The van der Waals surface area contributed by atoms with Crippen molar-refractivity contribution in [3.8, 4) is 11.8 Å². The average molecular weight is 145 g/mol. The summed E-state index contributed by atoms with van der Waals surface area (Å²) < 4.78 is 0. The van der Waals surface area contributed by atoms with Crippen molar-refractivity contribution in [1.82, 2.24) is 0 Å². The van der Waals surface area contributed by atoms with E-state index in [2.05, 4.69) is 11.8 Å². The SMILES string of the molecule is C1#CC1.NCc1ccccc1. The van der Waals surface area contributed by atoms with Gasteiger partial charge in [0.15, 0.2) is 0 Å². The van der Waals surface area contributed by atoms with E-state index in [1.807, 2.05) is 30.3 Å². The first kappa shape index (κ1) is 7.84. The summed E-state index contributed by atoms with van der Waals surface area (Å²) in [4.78, 5) is 0. The highest BCUT2D eigenvalue weighted by Crippen LogP contribution is 1.94. The molecule has 1 aromatic rings. The Balaban J connectivity index is 0.000000167. The third-order valence-corrected chi connectivity index (χ3v) is 1.26. The zero-order chi connectivity index (χ0) is 7.94. The molecule has 0 amide bonds. The molecule has 2 rings (SSSR count). The van der Waals surface area contributed by atoms with Crippen LogP contribution in [0.25, 0.3) is 0 Å². The van der Waals surface area contributed by atoms with Crippen LogP contribution in [0.4, 0.5) is 0 Å². The molecule has 1 aromatic carbocycles. The summed E-state index contributed by atoms with van der Waals surface area (Å²) in [5.41, 5.74) is 6.54. The third kappa shape index (κ3) is 4.19. The van der Waals surface area contributed by atoms with Gasteiger partial charge in [0.1, 0.15) is 0 Å². The van der Waals surface area contributed by atoms with Crippen molar-refractivity contribution in [2.45, 2.75) is 13.0 Å². The molecule has 11 heavy (non-hydrogen) atoms. The Kier molecular flexibility index (Phi) is 3.24. The van der Waals surface area contributed by atoms with Gasteiger partial charge in [-0.2, -0.15) is 0 Å². The number of nitrogens with two attached hydrogens (primary N) is 1. The highest BCUT2D eigenvalue weighted by molar-refractivity contribution is 5.21. The van der Waals surface area contributed by atoms with E-state index in [0.29, 0.717) is 6.54 Å². The fourth-order valence-electron chi connectivity index (χ4n) is 0.614. The molecule has 0 bridgehead atoms. The highest BCUT2D eigenvalue weighted by atomic mass is 14.5. The van der Waals surface area contributed by atoms with Gasteiger partial charge in [-0.1, -0.05) is 42.2 Å². The molecular formula is C10H11N. The van der Waals surface area contributed by atoms with Gasteiger partial charge in [-0.05, 0) is 5.56 Å². The summed E-state index contributed by atoms with van der Waals surface area (Å²) in [5.74, 6) is 5.50. The van der Waals surface area contributed by atoms with Gasteiger partial charge in [0, 0.05) is 6.54 Å². The topological polar surface area (TPSA) is 26.0 Å². The first-order valence-corrected chi connectivity index (χ1v) is 3.63. The van der Waals surface area contributed by atoms with Gasteiger partial charge in [-0.15, -0.1) is 0 Å². The van der Waals surface area contributed by atoms with Crippen LogP contribution in [-0.2, 0) is 6.54 Å². The maximum atomic E-state index is 5.35. The first-order valence-electron chi connectivity index (χ1n) is 3.63. The van der Waals surface area contributed by atoms with E-state index in [1.165, 1.54) is 5.56 Å². The molecule has 0 unspecified atom stereocenters. The van der Waals surface area contributed by atoms with E-state index in [0.717, 1.165) is 6.42 Å². The number of hydrogen-bond acceptors (Lipinski definition) is 1. The predicted octanol–water partition coefficient (Wildman–Crippen LogP) is 1.54. The molecule has 1 aliphatic rings. The van der Waals surface area contributed by atoms with Crippen molar-refractivity contribution in [3.63, 3.8) is 0 Å². The van der Waals surface area contributed by atoms with Gasteiger partial charge in [0.25, 0.3) is 0 Å². The minimum Gasteiger partial charge on any atom is -0.326 e. The second-order valence-electron chi connectivity index (χ2n) is 2.22. The Labute approximate surface area is 67.2 Å². The van der Waals surface area contributed by atoms with Crippen molar-refractivity contribution >= 4 is 0 Å². The minimum atomic E-state index is 0.640. The molecule has 0 radical (unpaired) electrons. The average Bonchev–Trinajstić information content (AvgIpc) is 2.92. The van der Waals surface area contributed by atoms with Crippen LogP contribution in [0.3, 0.4) is 0 Å². The molecule has 2 N–H and O–H groups in total. The molecule has 0 spiro atoms. The van der Waals surface area contributed by atoms with Crippen molar-refractivity contribution in [3.05, 3.63) is 35.9 Å². The van der Waals surface area contributed by atoms with Crippen LogP contribution in [0.1, 0.15) is 12.0 Å². The fraction of sp³-hybridized carbons (Fsp3) is 0.200. The minimum absolute atomic E-state index is 0.640. The monoisotopic (exact) mass is 145 g/mol. The second-order valence-corrected chi connectivity index (χ2v) is 2.22. The largest absolute Gasteiger partial charge is 0.326 e. The lowest BCUT2D eigenvalue weighted by atomic mass is 10.2. The summed E-state index contributed by atoms with van der Waals surface area (Å²) in [6, 6.07) is 9.99. The van der Waals surface area contributed by atoms with E-state index in [1.54, 1.807) is 0 Å². The molecule has 0 aliphatic heterocycles. The van der Waals surface area contributed by atoms with Gasteiger partial charge in [-0.3, -0.25) is 0 Å². The summed E-state index contributed by atoms with van der Waals surface area (Å²) in [7, 11) is 0. The van der Waals surface area contributed by atoms with Crippen LogP contribution >= 0.6 is 0 Å². The Hall–Kier alpha value is -1.26. The molecule has 0 fully saturated rings. The molecule has 1 aliphatic carbocycles. The zero-order valence-electron chi connectivity index (χ0n) is 6.38. The molecule has 0 saturated heterocycles. The van der Waals surface area contributed by atoms with E-state index < -0.39 is 0 Å². The van der Waals surface area contributed by atoms with E-state index in [-0.39, 0.29) is 0 Å². The third-order valence-electron chi connectivity index (χ3n) is 1.26. The van der Waals surface area contributed by atoms with E-state index in [4.69, 9.17) is 5.73 Å². The van der Waals surface area contributed by atoms with Crippen molar-refractivity contribution in [2.75, 3.05) is 0 Å². The van der Waals surface area contributed by atoms with Crippen molar-refractivity contribution in [2.24, 2.45) is 5.73 Å². The maximum absolute atomic E-state index is 5.35. The van der Waals surface area contributed by atoms with Gasteiger partial charge in [0.05, 0.1) is 6.42 Å². The molecule has 0 saturated carbocycles. The molecule has 56 valence electrons. The van der Waals surface area contributed by atoms with E-state index >= 15 is 0 Å². The normalized spacial score (nSPS) is 10.3. The summed E-state index contributed by atoms with van der Waals surface area (Å²) in [6.07, 6.45) is 1.00. The van der Waals surface area contributed by atoms with Gasteiger partial charge in [-0.25, -0.2) is 0 Å². The second kappa shape index (κ2) is 4.54. The lowest BCUT2D eigenvalue weighted by Crippen LogP contribution is -1.94. The Morgan fingerprint density at radius 1 is 1.18 bits per heavy atom. The number of benzene rings is 1. The smallest absolute Gasteiger partial charge is 0.0703 e. The Morgan fingerprint density at radius 3 is 2.00 bits per heavy atom. The highest BCUT2D eigenvalue weighted by Gasteiger charge is 1.80. The van der Waals surface area contributed by atoms with Crippen LogP contribution in [0.15, 0.2) is 30.3 Å². The Bertz CT molecular complexity index is 247. The molecule has 1 heteroatoms. The van der Waals surface area contributed by atoms with Crippen LogP contribution in [-0.4, -0.2) is 0 Å². The number of hydrogen-bond donors (Lipinski definition) is 1. The zero-order valence-corrected chi connectivity index (χ0v) is 6.38. The lowest BCUT2D eigenvalue weighted by Gasteiger charge is -1.90.